The fourth-order valence-electron chi connectivity index (χ4n) is 1.73. The van der Waals surface area contributed by atoms with Crippen LogP contribution in [0.1, 0.15) is 32.3 Å². The smallest absolute Gasteiger partial charge is 0.410 e. The van der Waals surface area contributed by atoms with Crippen molar-refractivity contribution in [1.29, 1.82) is 0 Å². The lowest BCUT2D eigenvalue weighted by Gasteiger charge is -2.06. The Bertz CT molecular complexity index is 472. The number of rotatable bonds is 5. The van der Waals surface area contributed by atoms with Gasteiger partial charge in [0.15, 0.2) is 0 Å². The molecule has 19 heavy (non-hydrogen) atoms. The number of nitrogens with one attached hydrogen (secondary N) is 1. The molecule has 0 heterocycles. The van der Waals surface area contributed by atoms with Gasteiger partial charge in [-0.25, -0.2) is 4.79 Å². The van der Waals surface area contributed by atoms with Gasteiger partial charge in [0.2, 0.25) is 0 Å². The molecule has 3 nitrogen and oxygen atoms in total. The summed E-state index contributed by atoms with van der Waals surface area (Å²) in [6.45, 7) is 8.21. The molecular formula is C16H21NO2. The van der Waals surface area contributed by atoms with Crippen LogP contribution < -0.4 is 10.1 Å². The fraction of sp³-hybridized carbons (Fsp3) is 0.312. The van der Waals surface area contributed by atoms with E-state index < -0.39 is 6.09 Å². The lowest BCUT2D eigenvalue weighted by Crippen LogP contribution is -2.21. The van der Waals surface area contributed by atoms with Crippen molar-refractivity contribution in [2.24, 2.45) is 0 Å². The number of benzene rings is 1. The minimum absolute atomic E-state index is 0.462. The number of allylic oxidation sites excluding steroid dienone is 3. The Morgan fingerprint density at radius 1 is 1.37 bits per heavy atom. The summed E-state index contributed by atoms with van der Waals surface area (Å²) in [4.78, 5) is 11.1. The molecule has 1 rings (SSSR count). The molecule has 0 unspecified atom stereocenters. The van der Waals surface area contributed by atoms with Gasteiger partial charge in [-0.1, -0.05) is 43.7 Å². The minimum Gasteiger partial charge on any atom is -0.410 e. The normalized spacial score (nSPS) is 11.0. The number of carbonyl (C=O) groups is 1. The highest BCUT2D eigenvalue weighted by Crippen LogP contribution is 2.20. The molecule has 0 saturated heterocycles. The molecule has 1 aromatic rings. The molecule has 0 radical (unpaired) electrons. The second-order valence-corrected chi connectivity index (χ2v) is 4.40. The highest BCUT2D eigenvalue weighted by molar-refractivity contribution is 5.71. The Hall–Kier alpha value is -2.03. The maximum absolute atomic E-state index is 11.1. The van der Waals surface area contributed by atoms with Crippen molar-refractivity contribution in [2.75, 3.05) is 7.05 Å². The van der Waals surface area contributed by atoms with E-state index in [0.717, 1.165) is 29.6 Å². The van der Waals surface area contributed by atoms with Gasteiger partial charge in [-0.15, -0.1) is 0 Å². The highest BCUT2D eigenvalue weighted by atomic mass is 16.5. The number of carbonyl (C=O) groups excluding carboxylic acids is 1. The third kappa shape index (κ3) is 5.00. The van der Waals surface area contributed by atoms with Crippen molar-refractivity contribution in [2.45, 2.75) is 26.7 Å². The lowest BCUT2D eigenvalue weighted by atomic mass is 10.0. The lowest BCUT2D eigenvalue weighted by molar-refractivity contribution is 0.203. The Morgan fingerprint density at radius 3 is 2.53 bits per heavy atom. The van der Waals surface area contributed by atoms with Gasteiger partial charge in [0.05, 0.1) is 0 Å². The highest BCUT2D eigenvalue weighted by Gasteiger charge is 2.02. The number of hydrogen-bond donors (Lipinski definition) is 1. The van der Waals surface area contributed by atoms with Crippen LogP contribution in [0.2, 0.25) is 0 Å². The van der Waals surface area contributed by atoms with Crippen LogP contribution in [0.15, 0.2) is 42.5 Å². The second-order valence-electron chi connectivity index (χ2n) is 4.40. The molecule has 1 aromatic carbocycles. The first-order valence-electron chi connectivity index (χ1n) is 6.43. The van der Waals surface area contributed by atoms with Crippen LogP contribution in [-0.4, -0.2) is 13.1 Å². The summed E-state index contributed by atoms with van der Waals surface area (Å²) in [7, 11) is 1.53. The van der Waals surface area contributed by atoms with Crippen molar-refractivity contribution >= 4 is 11.7 Å². The third-order valence-electron chi connectivity index (χ3n) is 2.72. The predicted molar refractivity (Wildman–Crippen MR) is 79.2 cm³/mol. The first-order valence-corrected chi connectivity index (χ1v) is 6.43. The molecule has 0 aliphatic carbocycles. The molecule has 102 valence electrons. The SMILES string of the molecule is C=C(/C=C(\C)c1ccc(OC(=O)NC)cc1)CCC. The monoisotopic (exact) mass is 259 g/mol. The molecule has 0 aliphatic heterocycles. The van der Waals surface area contributed by atoms with Gasteiger partial charge in [-0.05, 0) is 36.6 Å². The van der Waals surface area contributed by atoms with Crippen molar-refractivity contribution in [1.82, 2.24) is 5.32 Å². The zero-order valence-corrected chi connectivity index (χ0v) is 11.8. The first-order chi connectivity index (χ1) is 9.06. The quantitative estimate of drug-likeness (QED) is 0.806. The van der Waals surface area contributed by atoms with Crippen LogP contribution in [-0.2, 0) is 0 Å². The van der Waals surface area contributed by atoms with E-state index in [4.69, 9.17) is 4.74 Å². The molecule has 0 saturated carbocycles. The summed E-state index contributed by atoms with van der Waals surface area (Å²) in [5.74, 6) is 0.531. The van der Waals surface area contributed by atoms with Crippen molar-refractivity contribution in [3.05, 3.63) is 48.1 Å². The van der Waals surface area contributed by atoms with E-state index in [1.54, 1.807) is 12.1 Å². The van der Waals surface area contributed by atoms with Crippen molar-refractivity contribution in [3.8, 4) is 5.75 Å². The molecule has 0 fully saturated rings. The summed E-state index contributed by atoms with van der Waals surface area (Å²) >= 11 is 0. The van der Waals surface area contributed by atoms with Crippen LogP contribution in [0.25, 0.3) is 5.57 Å². The molecule has 0 aromatic heterocycles. The van der Waals surface area contributed by atoms with Crippen LogP contribution in [0, 0.1) is 0 Å². The van der Waals surface area contributed by atoms with Crippen LogP contribution >= 0.6 is 0 Å². The number of amides is 1. The summed E-state index contributed by atoms with van der Waals surface area (Å²) in [5, 5.41) is 2.41. The van der Waals surface area contributed by atoms with E-state index in [1.165, 1.54) is 7.05 Å². The van der Waals surface area contributed by atoms with Gasteiger partial charge in [0.1, 0.15) is 5.75 Å². The van der Waals surface area contributed by atoms with E-state index >= 15 is 0 Å². The third-order valence-corrected chi connectivity index (χ3v) is 2.72. The van der Waals surface area contributed by atoms with Gasteiger partial charge in [0.25, 0.3) is 0 Å². The summed E-state index contributed by atoms with van der Waals surface area (Å²) in [5.41, 5.74) is 3.39. The van der Waals surface area contributed by atoms with Crippen LogP contribution in [0.5, 0.6) is 5.75 Å². The first kappa shape index (κ1) is 15.0. The predicted octanol–water partition coefficient (Wildman–Crippen LogP) is 4.16. The summed E-state index contributed by atoms with van der Waals surface area (Å²) in [6, 6.07) is 7.43. The Kier molecular flexibility index (Phi) is 5.86. The minimum atomic E-state index is -0.462. The Morgan fingerprint density at radius 2 is 2.00 bits per heavy atom. The van der Waals surface area contributed by atoms with Crippen molar-refractivity contribution < 1.29 is 9.53 Å². The molecular weight excluding hydrogens is 238 g/mol. The van der Waals surface area contributed by atoms with Gasteiger partial charge < -0.3 is 10.1 Å². The van der Waals surface area contributed by atoms with Crippen LogP contribution in [0.3, 0.4) is 0 Å². The molecule has 0 aliphatic rings. The molecule has 0 spiro atoms. The van der Waals surface area contributed by atoms with Gasteiger partial charge in [-0.2, -0.15) is 0 Å². The maximum Gasteiger partial charge on any atom is 0.412 e. The van der Waals surface area contributed by atoms with Crippen LogP contribution in [0.4, 0.5) is 4.79 Å². The zero-order valence-electron chi connectivity index (χ0n) is 11.8. The maximum atomic E-state index is 11.1. The van der Waals surface area contributed by atoms with E-state index in [1.807, 2.05) is 12.1 Å². The largest absolute Gasteiger partial charge is 0.412 e. The molecule has 0 bridgehead atoms. The molecule has 1 N–H and O–H groups in total. The van der Waals surface area contributed by atoms with Gasteiger partial charge in [0, 0.05) is 7.05 Å². The standard InChI is InChI=1S/C16H21NO2/c1-5-6-12(2)11-13(3)14-7-9-15(10-8-14)19-16(18)17-4/h7-11H,2,5-6H2,1,3-4H3,(H,17,18)/b13-11+. The molecule has 3 heteroatoms. The average Bonchev–Trinajstić information content (AvgIpc) is 2.39. The Labute approximate surface area is 115 Å². The molecule has 0 atom stereocenters. The number of hydrogen-bond acceptors (Lipinski definition) is 2. The van der Waals surface area contributed by atoms with Gasteiger partial charge >= 0.3 is 6.09 Å². The van der Waals surface area contributed by atoms with E-state index in [-0.39, 0.29) is 0 Å². The van der Waals surface area contributed by atoms with Gasteiger partial charge in [-0.3, -0.25) is 0 Å². The van der Waals surface area contributed by atoms with E-state index in [9.17, 15) is 4.79 Å². The zero-order chi connectivity index (χ0) is 14.3. The molecule has 1 amide bonds. The van der Waals surface area contributed by atoms with Crippen molar-refractivity contribution in [3.63, 3.8) is 0 Å². The fourth-order valence-corrected chi connectivity index (χ4v) is 1.73. The topological polar surface area (TPSA) is 38.3 Å². The van der Waals surface area contributed by atoms with E-state index in [0.29, 0.717) is 5.75 Å². The average molecular weight is 259 g/mol. The Balaban J connectivity index is 2.75. The van der Waals surface area contributed by atoms with E-state index in [2.05, 4.69) is 31.8 Å². The summed E-state index contributed by atoms with van der Waals surface area (Å²) in [6.07, 6.45) is 3.74. The summed E-state index contributed by atoms with van der Waals surface area (Å²) < 4.78 is 5.03. The number of ether oxygens (including phenoxy) is 1. The second kappa shape index (κ2) is 7.41.